The standard InChI is InChI=1S/C9H18N2O2/c1(9-12-7-8-13-9)4-11-5-2-10-3-6-11/h9-10H,1-8H2/q+1. The maximum atomic E-state index is 5.38. The van der Waals surface area contributed by atoms with E-state index in [2.05, 4.69) is 10.2 Å². The third-order valence-corrected chi connectivity index (χ3v) is 2.58. The van der Waals surface area contributed by atoms with Gasteiger partial charge >= 0.3 is 0 Å². The Morgan fingerprint density at radius 3 is 2.54 bits per heavy atom. The molecule has 2 fully saturated rings. The fourth-order valence-corrected chi connectivity index (χ4v) is 1.80. The molecule has 2 rings (SSSR count). The molecular weight excluding hydrogens is 168 g/mol. The Labute approximate surface area is 79.2 Å². The lowest BCUT2D eigenvalue weighted by Crippen LogP contribution is -2.48. The molecule has 0 aliphatic carbocycles. The summed E-state index contributed by atoms with van der Waals surface area (Å²) in [5.74, 6) is 0. The number of piperazine rings is 1. The fraction of sp³-hybridized carbons (Fsp3) is 1.00. The van der Waals surface area contributed by atoms with Crippen LogP contribution in [0.3, 0.4) is 0 Å². The zero-order valence-corrected chi connectivity index (χ0v) is 8.00. The minimum atomic E-state index is 0.0647. The predicted molar refractivity (Wildman–Crippen MR) is 49.9 cm³/mol. The smallest absolute Gasteiger partial charge is 0.163 e. The van der Waals surface area contributed by atoms with Gasteiger partial charge in [0.05, 0.1) is 19.6 Å². The van der Waals surface area contributed by atoms with Gasteiger partial charge in [0.25, 0.3) is 0 Å². The van der Waals surface area contributed by atoms with Gasteiger partial charge < -0.3 is 14.8 Å². The van der Waals surface area contributed by atoms with Gasteiger partial charge in [-0.25, -0.2) is 0 Å². The van der Waals surface area contributed by atoms with Crippen molar-refractivity contribution in [1.82, 2.24) is 10.2 Å². The van der Waals surface area contributed by atoms with Crippen LogP contribution in [-0.4, -0.2) is 52.2 Å². The van der Waals surface area contributed by atoms with Crippen molar-refractivity contribution in [3.63, 3.8) is 0 Å². The summed E-state index contributed by atoms with van der Waals surface area (Å²) < 4.78 is 10.8. The van der Waals surface area contributed by atoms with Crippen molar-refractivity contribution in [3.8, 4) is 0 Å². The molecule has 0 saturated carbocycles. The number of hydrogen-bond acceptors (Lipinski definition) is 4. The van der Waals surface area contributed by atoms with Crippen LogP contribution in [0.1, 0.15) is 6.42 Å². The van der Waals surface area contributed by atoms with Gasteiger partial charge in [-0.15, -0.1) is 0 Å². The van der Waals surface area contributed by atoms with Crippen LogP contribution in [0.5, 0.6) is 0 Å². The molecule has 0 unspecified atom stereocenters. The van der Waals surface area contributed by atoms with Crippen molar-refractivity contribution in [2.24, 2.45) is 0 Å². The second-order valence-corrected chi connectivity index (χ2v) is 3.55. The van der Waals surface area contributed by atoms with Crippen molar-refractivity contribution in [2.75, 3.05) is 45.9 Å². The molecule has 13 heavy (non-hydrogen) atoms. The summed E-state index contributed by atoms with van der Waals surface area (Å²) in [7, 11) is 0. The summed E-state index contributed by atoms with van der Waals surface area (Å²) in [6, 6.07) is 0. The molecular formula is C9H18N2O2+. The lowest BCUT2D eigenvalue weighted by Gasteiger charge is -2.18. The molecule has 0 atom stereocenters. The third-order valence-electron chi connectivity index (χ3n) is 2.58. The summed E-state index contributed by atoms with van der Waals surface area (Å²) in [5.41, 5.74) is 0. The highest BCUT2D eigenvalue weighted by molar-refractivity contribution is 4.73. The van der Waals surface area contributed by atoms with Crippen LogP contribution in [0.15, 0.2) is 0 Å². The maximum absolute atomic E-state index is 5.38. The molecule has 0 bridgehead atoms. The molecule has 75 valence electrons. The average molecular weight is 186 g/mol. The van der Waals surface area contributed by atoms with E-state index in [1.54, 1.807) is 0 Å². The second kappa shape index (κ2) is 4.91. The monoisotopic (exact) mass is 186 g/mol. The van der Waals surface area contributed by atoms with E-state index < -0.39 is 0 Å². The minimum Gasteiger partial charge on any atom is -0.350 e. The Bertz CT molecular complexity index is 143. The maximum Gasteiger partial charge on any atom is 0.163 e. The van der Waals surface area contributed by atoms with Crippen LogP contribution in [-0.2, 0) is 9.47 Å². The first kappa shape index (κ1) is 9.40. The highest BCUT2D eigenvalue weighted by Gasteiger charge is 2.23. The normalized spacial score (nSPS) is 26.8. The Morgan fingerprint density at radius 2 is 1.85 bits per heavy atom. The van der Waals surface area contributed by atoms with E-state index in [-0.39, 0.29) is 6.29 Å². The first-order chi connectivity index (χ1) is 6.45. The molecule has 0 amide bonds. The van der Waals surface area contributed by atoms with Gasteiger partial charge in [0.1, 0.15) is 19.6 Å². The van der Waals surface area contributed by atoms with Crippen molar-refractivity contribution in [2.45, 2.75) is 12.7 Å². The summed E-state index contributed by atoms with van der Waals surface area (Å²) in [6.07, 6.45) is 1.08. The van der Waals surface area contributed by atoms with Crippen LogP contribution in [0.2, 0.25) is 0 Å². The van der Waals surface area contributed by atoms with Crippen molar-refractivity contribution in [1.29, 1.82) is 0 Å². The van der Waals surface area contributed by atoms with Crippen LogP contribution < -0.4 is 10.2 Å². The van der Waals surface area contributed by atoms with Gasteiger partial charge in [0, 0.05) is 13.1 Å². The molecule has 2 aliphatic rings. The quantitative estimate of drug-likeness (QED) is 0.603. The van der Waals surface area contributed by atoms with Gasteiger partial charge in [-0.1, -0.05) is 0 Å². The van der Waals surface area contributed by atoms with E-state index in [0.29, 0.717) is 0 Å². The van der Waals surface area contributed by atoms with E-state index in [4.69, 9.17) is 9.47 Å². The van der Waals surface area contributed by atoms with Gasteiger partial charge in [-0.05, 0) is 0 Å². The summed E-state index contributed by atoms with van der Waals surface area (Å²) >= 11 is 0. The Kier molecular flexibility index (Phi) is 3.55. The number of ether oxygens (including phenoxy) is 2. The summed E-state index contributed by atoms with van der Waals surface area (Å²) in [6.45, 7) is 7.20. The molecule has 2 heterocycles. The van der Waals surface area contributed by atoms with E-state index >= 15 is 0 Å². The molecule has 0 spiro atoms. The SMILES string of the molecule is C1C[N+](CCC2OCCO2)CCN1. The summed E-state index contributed by atoms with van der Waals surface area (Å²) in [5, 5.41) is 3.34. The van der Waals surface area contributed by atoms with E-state index in [1.807, 2.05) is 0 Å². The zero-order valence-electron chi connectivity index (χ0n) is 8.00. The highest BCUT2D eigenvalue weighted by Crippen LogP contribution is 2.07. The van der Waals surface area contributed by atoms with Crippen LogP contribution in [0.25, 0.3) is 0 Å². The lowest BCUT2D eigenvalue weighted by molar-refractivity contribution is -0.0484. The molecule has 2 aliphatic heterocycles. The first-order valence-electron chi connectivity index (χ1n) is 5.11. The van der Waals surface area contributed by atoms with E-state index in [9.17, 15) is 0 Å². The van der Waals surface area contributed by atoms with Gasteiger partial charge in [0.2, 0.25) is 0 Å². The summed E-state index contributed by atoms with van der Waals surface area (Å²) in [4.78, 5) is 2.46. The van der Waals surface area contributed by atoms with Crippen molar-refractivity contribution < 1.29 is 9.47 Å². The number of rotatable bonds is 3. The van der Waals surface area contributed by atoms with Crippen LogP contribution >= 0.6 is 0 Å². The fourth-order valence-electron chi connectivity index (χ4n) is 1.80. The van der Waals surface area contributed by atoms with Crippen LogP contribution in [0.4, 0.5) is 0 Å². The Hall–Kier alpha value is -0.160. The lowest BCUT2D eigenvalue weighted by atomic mass is 10.3. The Balaban J connectivity index is 1.60. The zero-order chi connectivity index (χ0) is 8.93. The molecule has 1 radical (unpaired) electrons. The van der Waals surface area contributed by atoms with E-state index in [0.717, 1.165) is 52.4 Å². The second-order valence-electron chi connectivity index (χ2n) is 3.55. The third kappa shape index (κ3) is 2.91. The minimum absolute atomic E-state index is 0.0647. The van der Waals surface area contributed by atoms with E-state index in [1.165, 1.54) is 0 Å². The molecule has 1 N–H and O–H groups in total. The average Bonchev–Trinajstić information content (AvgIpc) is 2.69. The van der Waals surface area contributed by atoms with Crippen LogP contribution in [0, 0.1) is 0 Å². The number of nitrogens with one attached hydrogen (secondary N) is 1. The topological polar surface area (TPSA) is 36.4 Å². The molecule has 0 aromatic carbocycles. The largest absolute Gasteiger partial charge is 0.350 e. The van der Waals surface area contributed by atoms with Crippen molar-refractivity contribution in [3.05, 3.63) is 0 Å². The predicted octanol–water partition coefficient (Wildman–Crippen LogP) is -0.507. The van der Waals surface area contributed by atoms with Crippen molar-refractivity contribution >= 4 is 0 Å². The first-order valence-corrected chi connectivity index (χ1v) is 5.11. The highest BCUT2D eigenvalue weighted by atomic mass is 16.7. The molecule has 0 aromatic rings. The molecule has 2 saturated heterocycles. The molecule has 4 heteroatoms. The van der Waals surface area contributed by atoms with Gasteiger partial charge in [-0.2, -0.15) is 4.90 Å². The molecule has 4 nitrogen and oxygen atoms in total. The number of nitrogens with zero attached hydrogens (tertiary/aromatic N) is 1. The number of hydrogen-bond donors (Lipinski definition) is 1. The Morgan fingerprint density at radius 1 is 1.15 bits per heavy atom. The van der Waals surface area contributed by atoms with Gasteiger partial charge in [0.15, 0.2) is 6.29 Å². The molecule has 0 aromatic heterocycles. The van der Waals surface area contributed by atoms with Gasteiger partial charge in [-0.3, -0.25) is 0 Å².